The Kier molecular flexibility index (Phi) is 7.70. The zero-order valence-corrected chi connectivity index (χ0v) is 20.5. The summed E-state index contributed by atoms with van der Waals surface area (Å²) >= 11 is 5.66. The summed E-state index contributed by atoms with van der Waals surface area (Å²) in [5, 5.41) is 60.2. The van der Waals surface area contributed by atoms with Gasteiger partial charge < -0.3 is 25.2 Å². The molecular formula is C26H26N4O5S. The number of azo groups is 1. The highest BCUT2D eigenvalue weighted by atomic mass is 32.1. The molecule has 5 atom stereocenters. The molecule has 186 valence electrons. The molecule has 1 aromatic heterocycles. The van der Waals surface area contributed by atoms with Crippen LogP contribution in [0.2, 0.25) is 0 Å². The number of aliphatic hydroxyl groups is 4. The average molecular weight is 507 g/mol. The minimum atomic E-state index is -1.63. The summed E-state index contributed by atoms with van der Waals surface area (Å²) in [4.78, 5) is 0. The van der Waals surface area contributed by atoms with E-state index >= 15 is 0 Å². The molecule has 1 aliphatic rings. The van der Waals surface area contributed by atoms with Crippen LogP contribution in [0, 0.1) is 29.8 Å². The molecule has 1 fully saturated rings. The minimum absolute atomic E-state index is 0.0486. The molecule has 1 aliphatic heterocycles. The van der Waals surface area contributed by atoms with E-state index in [1.807, 2.05) is 49.4 Å². The van der Waals surface area contributed by atoms with Crippen molar-refractivity contribution in [2.45, 2.75) is 44.5 Å². The highest BCUT2D eigenvalue weighted by Gasteiger charge is 2.45. The highest BCUT2D eigenvalue weighted by molar-refractivity contribution is 7.71. The number of hydrogen-bond acceptors (Lipinski definition) is 9. The fourth-order valence-corrected chi connectivity index (χ4v) is 4.57. The van der Waals surface area contributed by atoms with Gasteiger partial charge in [-0.05, 0) is 31.5 Å². The fourth-order valence-electron chi connectivity index (χ4n) is 4.18. The summed E-state index contributed by atoms with van der Waals surface area (Å²) in [5.41, 5.74) is 3.64. The normalized spacial score (nSPS) is 24.1. The van der Waals surface area contributed by atoms with Gasteiger partial charge in [-0.1, -0.05) is 60.2 Å². The number of aromatic nitrogens is 1. The number of ether oxygens (including phenoxy) is 1. The van der Waals surface area contributed by atoms with Gasteiger partial charge in [0.15, 0.2) is 6.23 Å². The Labute approximate surface area is 213 Å². The number of pyridine rings is 1. The summed E-state index contributed by atoms with van der Waals surface area (Å²) in [5.74, 6) is 0. The van der Waals surface area contributed by atoms with Crippen LogP contribution in [0.5, 0.6) is 0 Å². The van der Waals surface area contributed by atoms with Gasteiger partial charge in [0.05, 0.1) is 23.6 Å². The van der Waals surface area contributed by atoms with Crippen molar-refractivity contribution in [3.05, 3.63) is 75.9 Å². The van der Waals surface area contributed by atoms with Crippen molar-refractivity contribution in [3.8, 4) is 17.3 Å². The number of benzene rings is 2. The van der Waals surface area contributed by atoms with Crippen LogP contribution in [-0.2, 0) is 4.74 Å². The van der Waals surface area contributed by atoms with Gasteiger partial charge in [-0.2, -0.15) is 10.4 Å². The summed E-state index contributed by atoms with van der Waals surface area (Å²) in [6.07, 6.45) is -7.28. The van der Waals surface area contributed by atoms with Gasteiger partial charge in [0.2, 0.25) is 0 Å². The highest BCUT2D eigenvalue weighted by Crippen LogP contribution is 2.41. The van der Waals surface area contributed by atoms with E-state index in [9.17, 15) is 25.7 Å². The molecule has 0 radical (unpaired) electrons. The first kappa shape index (κ1) is 25.8. The van der Waals surface area contributed by atoms with E-state index in [4.69, 9.17) is 17.0 Å². The van der Waals surface area contributed by atoms with Gasteiger partial charge in [0.1, 0.15) is 40.8 Å². The maximum Gasteiger partial charge on any atom is 0.164 e. The predicted octanol–water partition coefficient (Wildman–Crippen LogP) is 3.76. The van der Waals surface area contributed by atoms with Crippen LogP contribution in [-0.4, -0.2) is 56.0 Å². The van der Waals surface area contributed by atoms with Crippen molar-refractivity contribution >= 4 is 23.6 Å². The zero-order chi connectivity index (χ0) is 26.0. The second-order valence-corrected chi connectivity index (χ2v) is 8.99. The molecule has 4 N–H and O–H groups in total. The number of aliphatic hydroxyl groups excluding tert-OH is 4. The molecule has 5 unspecified atom stereocenters. The van der Waals surface area contributed by atoms with Crippen molar-refractivity contribution in [1.29, 1.82) is 5.26 Å². The van der Waals surface area contributed by atoms with Gasteiger partial charge in [-0.15, -0.1) is 5.11 Å². The monoisotopic (exact) mass is 506 g/mol. The first-order valence-corrected chi connectivity index (χ1v) is 11.7. The lowest BCUT2D eigenvalue weighted by Gasteiger charge is -2.41. The Bertz CT molecular complexity index is 1370. The van der Waals surface area contributed by atoms with Crippen LogP contribution in [0.3, 0.4) is 0 Å². The van der Waals surface area contributed by atoms with Gasteiger partial charge in [0.25, 0.3) is 0 Å². The molecule has 36 heavy (non-hydrogen) atoms. The van der Waals surface area contributed by atoms with Gasteiger partial charge in [0, 0.05) is 5.56 Å². The molecule has 0 spiro atoms. The molecule has 0 saturated carbocycles. The average Bonchev–Trinajstić information content (AvgIpc) is 2.89. The van der Waals surface area contributed by atoms with Gasteiger partial charge in [-0.25, -0.2) is 0 Å². The smallest absolute Gasteiger partial charge is 0.164 e. The van der Waals surface area contributed by atoms with E-state index in [1.165, 1.54) is 4.57 Å². The van der Waals surface area contributed by atoms with Crippen molar-refractivity contribution in [2.75, 3.05) is 6.61 Å². The number of nitrogens with zero attached hydrogens (tertiary/aromatic N) is 4. The van der Waals surface area contributed by atoms with Gasteiger partial charge in [-0.3, -0.25) is 4.57 Å². The molecular weight excluding hydrogens is 480 g/mol. The first-order chi connectivity index (χ1) is 17.3. The maximum absolute atomic E-state index is 10.9. The van der Waals surface area contributed by atoms with Gasteiger partial charge >= 0.3 is 0 Å². The second kappa shape index (κ2) is 10.8. The van der Waals surface area contributed by atoms with E-state index in [0.29, 0.717) is 28.2 Å². The van der Waals surface area contributed by atoms with Crippen molar-refractivity contribution in [2.24, 2.45) is 10.2 Å². The Morgan fingerprint density at radius 3 is 2.25 bits per heavy atom. The van der Waals surface area contributed by atoms with E-state index in [0.717, 1.165) is 5.56 Å². The molecule has 10 heteroatoms. The third kappa shape index (κ3) is 4.73. The van der Waals surface area contributed by atoms with E-state index in [1.54, 1.807) is 19.1 Å². The molecule has 2 heterocycles. The number of nitriles is 1. The molecule has 0 aliphatic carbocycles. The Morgan fingerprint density at radius 1 is 0.972 bits per heavy atom. The molecule has 2 aromatic carbocycles. The summed E-state index contributed by atoms with van der Waals surface area (Å²) < 4.78 is 7.29. The van der Waals surface area contributed by atoms with Crippen LogP contribution in [0.4, 0.5) is 11.4 Å². The van der Waals surface area contributed by atoms with Crippen LogP contribution < -0.4 is 0 Å². The third-order valence-electron chi connectivity index (χ3n) is 6.21. The lowest BCUT2D eigenvalue weighted by Crippen LogP contribution is -2.56. The molecule has 0 amide bonds. The zero-order valence-electron chi connectivity index (χ0n) is 19.7. The molecule has 4 rings (SSSR count). The van der Waals surface area contributed by atoms with E-state index in [2.05, 4.69) is 16.3 Å². The predicted molar refractivity (Wildman–Crippen MR) is 135 cm³/mol. The molecule has 0 bridgehead atoms. The summed E-state index contributed by atoms with van der Waals surface area (Å²) in [6.45, 7) is 3.07. The molecule has 9 nitrogen and oxygen atoms in total. The number of hydrogen-bond donors (Lipinski definition) is 4. The summed E-state index contributed by atoms with van der Waals surface area (Å²) in [6, 6.07) is 18.6. The van der Waals surface area contributed by atoms with Crippen molar-refractivity contribution in [1.82, 2.24) is 4.57 Å². The SMILES string of the molecule is Cc1ccc(N=Nc2c(C)c(C#N)c(=S)n(C3OC(CO)C(O)C(O)C3O)c2-c2ccccc2)cc1. The largest absolute Gasteiger partial charge is 0.394 e. The lowest BCUT2D eigenvalue weighted by atomic mass is 9.96. The minimum Gasteiger partial charge on any atom is -0.394 e. The Hall–Kier alpha value is -3.30. The number of aryl methyl sites for hydroxylation is 1. The third-order valence-corrected chi connectivity index (χ3v) is 6.61. The molecule has 3 aromatic rings. The van der Waals surface area contributed by atoms with Crippen molar-refractivity contribution < 1.29 is 25.2 Å². The van der Waals surface area contributed by atoms with Crippen LogP contribution in [0.15, 0.2) is 64.8 Å². The Balaban J connectivity index is 2.02. The fraction of sp³-hybridized carbons (Fsp3) is 0.308. The van der Waals surface area contributed by atoms with Crippen LogP contribution in [0.1, 0.15) is 22.9 Å². The van der Waals surface area contributed by atoms with E-state index in [-0.39, 0.29) is 10.2 Å². The molecule has 1 saturated heterocycles. The maximum atomic E-state index is 10.9. The second-order valence-electron chi connectivity index (χ2n) is 8.61. The quantitative estimate of drug-likeness (QED) is 0.305. The van der Waals surface area contributed by atoms with Crippen molar-refractivity contribution in [3.63, 3.8) is 0 Å². The summed E-state index contributed by atoms with van der Waals surface area (Å²) in [7, 11) is 0. The number of rotatable bonds is 5. The standard InChI is InChI=1S/C26H26N4O5S/c1-14-8-10-17(11-9-14)28-29-20-15(2)18(12-27)26(36)30(21(20)16-6-4-3-5-7-16)25-24(34)23(33)22(32)19(13-31)35-25/h3-11,19,22-25,31-34H,13H2,1-2H3. The van der Waals surface area contributed by atoms with Crippen LogP contribution in [0.25, 0.3) is 11.3 Å². The lowest BCUT2D eigenvalue weighted by molar-refractivity contribution is -0.251. The first-order valence-electron chi connectivity index (χ1n) is 11.3. The van der Waals surface area contributed by atoms with E-state index < -0.39 is 37.3 Å². The Morgan fingerprint density at radius 2 is 1.64 bits per heavy atom. The topological polar surface area (TPSA) is 144 Å². The van der Waals surface area contributed by atoms with Crippen LogP contribution >= 0.6 is 12.2 Å².